The fourth-order valence-corrected chi connectivity index (χ4v) is 4.92. The first-order chi connectivity index (χ1) is 13.9. The lowest BCUT2D eigenvalue weighted by Crippen LogP contribution is -2.43. The van der Waals surface area contributed by atoms with Crippen molar-refractivity contribution in [2.45, 2.75) is 31.1 Å². The second kappa shape index (κ2) is 9.61. The summed E-state index contributed by atoms with van der Waals surface area (Å²) in [6.07, 6.45) is 2.12. The van der Waals surface area contributed by atoms with Gasteiger partial charge in [0.25, 0.3) is 0 Å². The van der Waals surface area contributed by atoms with Gasteiger partial charge >= 0.3 is 0 Å². The van der Waals surface area contributed by atoms with Crippen LogP contribution in [0.15, 0.2) is 53.4 Å². The maximum absolute atomic E-state index is 12.9. The molecule has 1 aliphatic heterocycles. The Morgan fingerprint density at radius 1 is 1.21 bits per heavy atom. The average molecular weight is 437 g/mol. The Balaban J connectivity index is 1.71. The number of benzene rings is 2. The van der Waals surface area contributed by atoms with Crippen molar-refractivity contribution in [1.82, 2.24) is 4.31 Å². The van der Waals surface area contributed by atoms with Crippen molar-refractivity contribution in [2.24, 2.45) is 5.92 Å². The minimum Gasteiger partial charge on any atom is -0.491 e. The smallest absolute Gasteiger partial charge is 0.243 e. The van der Waals surface area contributed by atoms with Crippen molar-refractivity contribution >= 4 is 33.2 Å². The largest absolute Gasteiger partial charge is 0.491 e. The Hall–Kier alpha value is -2.09. The number of para-hydroxylation sites is 2. The van der Waals surface area contributed by atoms with Crippen LogP contribution in [-0.4, -0.2) is 38.3 Å². The molecule has 0 radical (unpaired) electrons. The molecule has 1 atom stereocenters. The van der Waals surface area contributed by atoms with Crippen LogP contribution >= 0.6 is 11.6 Å². The molecule has 8 heteroatoms. The molecule has 29 heavy (non-hydrogen) atoms. The van der Waals surface area contributed by atoms with E-state index in [0.29, 0.717) is 42.5 Å². The number of sulfonamides is 1. The van der Waals surface area contributed by atoms with E-state index in [1.54, 1.807) is 18.2 Å². The Labute approximate surface area is 176 Å². The number of hydrogen-bond donors (Lipinski definition) is 1. The number of hydrogen-bond acceptors (Lipinski definition) is 4. The van der Waals surface area contributed by atoms with Gasteiger partial charge in [0, 0.05) is 18.1 Å². The van der Waals surface area contributed by atoms with E-state index in [4.69, 9.17) is 16.3 Å². The number of rotatable bonds is 7. The molecule has 1 saturated heterocycles. The van der Waals surface area contributed by atoms with Crippen LogP contribution in [0.1, 0.15) is 26.2 Å². The van der Waals surface area contributed by atoms with Gasteiger partial charge in [0.1, 0.15) is 5.75 Å². The fourth-order valence-electron chi connectivity index (χ4n) is 3.27. The number of anilines is 1. The van der Waals surface area contributed by atoms with E-state index in [1.165, 1.54) is 16.4 Å². The quantitative estimate of drug-likeness (QED) is 0.706. The lowest BCUT2D eigenvalue weighted by Gasteiger charge is -2.31. The molecule has 6 nitrogen and oxygen atoms in total. The summed E-state index contributed by atoms with van der Waals surface area (Å²) in [6, 6.07) is 13.3. The highest BCUT2D eigenvalue weighted by Gasteiger charge is 2.33. The highest BCUT2D eigenvalue weighted by Crippen LogP contribution is 2.28. The summed E-state index contributed by atoms with van der Waals surface area (Å²) in [4.78, 5) is 13.0. The number of halogens is 1. The van der Waals surface area contributed by atoms with Crippen LogP contribution in [-0.2, 0) is 14.8 Å². The highest BCUT2D eigenvalue weighted by molar-refractivity contribution is 7.89. The van der Waals surface area contributed by atoms with Gasteiger partial charge in [0.15, 0.2) is 0 Å². The van der Waals surface area contributed by atoms with Gasteiger partial charge in [0.2, 0.25) is 15.9 Å². The predicted octanol–water partition coefficient (Wildman–Crippen LogP) is 4.17. The van der Waals surface area contributed by atoms with Crippen LogP contribution in [0.3, 0.4) is 0 Å². The third kappa shape index (κ3) is 5.29. The Morgan fingerprint density at radius 3 is 2.66 bits per heavy atom. The molecule has 1 heterocycles. The third-order valence-corrected chi connectivity index (χ3v) is 6.94. The normalized spacial score (nSPS) is 17.7. The number of nitrogens with one attached hydrogen (secondary N) is 1. The van der Waals surface area contributed by atoms with Gasteiger partial charge in [0.05, 0.1) is 23.1 Å². The van der Waals surface area contributed by atoms with Gasteiger partial charge in [-0.05, 0) is 55.7 Å². The van der Waals surface area contributed by atoms with Crippen molar-refractivity contribution in [3.8, 4) is 5.75 Å². The van der Waals surface area contributed by atoms with Gasteiger partial charge in [-0.15, -0.1) is 0 Å². The molecule has 1 amide bonds. The van der Waals surface area contributed by atoms with Crippen LogP contribution in [0.5, 0.6) is 5.75 Å². The molecule has 0 saturated carbocycles. The molecular formula is C21H25ClN2O4S. The zero-order valence-corrected chi connectivity index (χ0v) is 17.9. The fraction of sp³-hybridized carbons (Fsp3) is 0.381. The second-order valence-electron chi connectivity index (χ2n) is 6.99. The first-order valence-electron chi connectivity index (χ1n) is 9.70. The molecule has 1 aliphatic rings. The van der Waals surface area contributed by atoms with Crippen LogP contribution in [0.2, 0.25) is 5.02 Å². The molecule has 0 spiro atoms. The standard InChI is InChI=1S/C21H25ClN2O4S/c1-2-14-28-20-8-4-3-7-19(20)23-21(25)16-6-5-13-24(15-16)29(26,27)18-11-9-17(22)10-12-18/h3-4,7-12,16H,2,5-6,13-15H2,1H3,(H,23,25). The summed E-state index contributed by atoms with van der Waals surface area (Å²) in [5.74, 6) is -0.0113. The molecule has 1 fully saturated rings. The molecule has 3 rings (SSSR count). The molecule has 2 aromatic rings. The van der Waals surface area contributed by atoms with Crippen LogP contribution in [0, 0.1) is 5.92 Å². The molecule has 156 valence electrons. The lowest BCUT2D eigenvalue weighted by atomic mass is 9.98. The van der Waals surface area contributed by atoms with E-state index in [1.807, 2.05) is 25.1 Å². The molecule has 0 aliphatic carbocycles. The first kappa shape index (κ1) is 21.6. The number of ether oxygens (including phenoxy) is 1. The SMILES string of the molecule is CCCOc1ccccc1NC(=O)C1CCCN(S(=O)(=O)c2ccc(Cl)cc2)C1. The predicted molar refractivity (Wildman–Crippen MR) is 114 cm³/mol. The zero-order valence-electron chi connectivity index (χ0n) is 16.3. The number of carbonyl (C=O) groups excluding carboxylic acids is 1. The molecular weight excluding hydrogens is 412 g/mol. The maximum atomic E-state index is 12.9. The zero-order chi connectivity index (χ0) is 20.9. The molecule has 2 aromatic carbocycles. The van der Waals surface area contributed by atoms with Crippen molar-refractivity contribution in [1.29, 1.82) is 0 Å². The van der Waals surface area contributed by atoms with Crippen molar-refractivity contribution in [3.63, 3.8) is 0 Å². The average Bonchev–Trinajstić information content (AvgIpc) is 2.73. The summed E-state index contributed by atoms with van der Waals surface area (Å²) in [6.45, 7) is 3.11. The van der Waals surface area contributed by atoms with E-state index < -0.39 is 15.9 Å². The number of amides is 1. The highest BCUT2D eigenvalue weighted by atomic mass is 35.5. The summed E-state index contributed by atoms with van der Waals surface area (Å²) in [7, 11) is -3.67. The van der Waals surface area contributed by atoms with Crippen LogP contribution in [0.4, 0.5) is 5.69 Å². The van der Waals surface area contributed by atoms with E-state index in [9.17, 15) is 13.2 Å². The minimum absolute atomic E-state index is 0.148. The van der Waals surface area contributed by atoms with Crippen molar-refractivity contribution in [2.75, 3.05) is 25.0 Å². The molecule has 0 bridgehead atoms. The van der Waals surface area contributed by atoms with Gasteiger partial charge in [-0.1, -0.05) is 30.7 Å². The monoisotopic (exact) mass is 436 g/mol. The van der Waals surface area contributed by atoms with E-state index in [-0.39, 0.29) is 17.3 Å². The Morgan fingerprint density at radius 2 is 1.93 bits per heavy atom. The van der Waals surface area contributed by atoms with Gasteiger partial charge in [-0.3, -0.25) is 4.79 Å². The number of piperidine rings is 1. The van der Waals surface area contributed by atoms with E-state index >= 15 is 0 Å². The van der Waals surface area contributed by atoms with Crippen LogP contribution < -0.4 is 10.1 Å². The number of carbonyl (C=O) groups is 1. The van der Waals surface area contributed by atoms with E-state index in [2.05, 4.69) is 5.32 Å². The maximum Gasteiger partial charge on any atom is 0.243 e. The third-order valence-electron chi connectivity index (χ3n) is 4.81. The number of nitrogens with zero attached hydrogens (tertiary/aromatic N) is 1. The first-order valence-corrected chi connectivity index (χ1v) is 11.5. The Bertz CT molecular complexity index is 947. The second-order valence-corrected chi connectivity index (χ2v) is 9.36. The topological polar surface area (TPSA) is 75.7 Å². The van der Waals surface area contributed by atoms with Crippen molar-refractivity contribution in [3.05, 3.63) is 53.6 Å². The molecule has 1 N–H and O–H groups in total. The van der Waals surface area contributed by atoms with E-state index in [0.717, 1.165) is 6.42 Å². The molecule has 0 aromatic heterocycles. The summed E-state index contributed by atoms with van der Waals surface area (Å²) < 4.78 is 32.9. The van der Waals surface area contributed by atoms with Gasteiger partial charge in [-0.2, -0.15) is 4.31 Å². The molecule has 1 unspecified atom stereocenters. The van der Waals surface area contributed by atoms with Crippen molar-refractivity contribution < 1.29 is 17.9 Å². The summed E-state index contributed by atoms with van der Waals surface area (Å²) in [5.41, 5.74) is 0.601. The minimum atomic E-state index is -3.67. The lowest BCUT2D eigenvalue weighted by molar-refractivity contribution is -0.120. The summed E-state index contributed by atoms with van der Waals surface area (Å²) in [5, 5.41) is 3.38. The summed E-state index contributed by atoms with van der Waals surface area (Å²) >= 11 is 5.86. The Kier molecular flexibility index (Phi) is 7.16. The van der Waals surface area contributed by atoms with Gasteiger partial charge in [-0.25, -0.2) is 8.42 Å². The van der Waals surface area contributed by atoms with Gasteiger partial charge < -0.3 is 10.1 Å². The van der Waals surface area contributed by atoms with Crippen LogP contribution in [0.25, 0.3) is 0 Å².